The van der Waals surface area contributed by atoms with Crippen LogP contribution in [-0.2, 0) is 21.4 Å². The highest BCUT2D eigenvalue weighted by Gasteiger charge is 2.12. The van der Waals surface area contributed by atoms with Crippen molar-refractivity contribution in [3.05, 3.63) is 47.2 Å². The average Bonchev–Trinajstić information content (AvgIpc) is 2.35. The summed E-state index contributed by atoms with van der Waals surface area (Å²) in [6.07, 6.45) is 2.37. The zero-order valence-electron chi connectivity index (χ0n) is 13.5. The first kappa shape index (κ1) is 16.5. The van der Waals surface area contributed by atoms with E-state index in [1.807, 2.05) is 20.8 Å². The van der Waals surface area contributed by atoms with E-state index >= 15 is 0 Å². The van der Waals surface area contributed by atoms with Crippen LogP contribution in [-0.4, -0.2) is 5.97 Å². The molecule has 0 heterocycles. The van der Waals surface area contributed by atoms with Gasteiger partial charge in [-0.25, -0.2) is 0 Å². The molecular formula is C18H26O2. The molecule has 110 valence electrons. The molecule has 0 N–H and O–H groups in total. The van der Waals surface area contributed by atoms with E-state index in [0.29, 0.717) is 0 Å². The van der Waals surface area contributed by atoms with Gasteiger partial charge < -0.3 is 4.74 Å². The standard InChI is InChI=1S/C18H26O2/c1-13(2)17(19)20-12-14(3)11-15-7-9-16(10-8-15)18(4,5)6/h7-10,12-13H,11H2,1-6H3. The van der Waals surface area contributed by atoms with Crippen molar-refractivity contribution in [2.45, 2.75) is 53.4 Å². The number of esters is 1. The first-order chi connectivity index (χ1) is 9.20. The van der Waals surface area contributed by atoms with Gasteiger partial charge in [0.1, 0.15) is 0 Å². The van der Waals surface area contributed by atoms with Gasteiger partial charge in [-0.3, -0.25) is 4.79 Å². The van der Waals surface area contributed by atoms with Gasteiger partial charge in [0.05, 0.1) is 12.2 Å². The second-order valence-corrected chi connectivity index (χ2v) is 6.68. The van der Waals surface area contributed by atoms with Gasteiger partial charge in [-0.2, -0.15) is 0 Å². The van der Waals surface area contributed by atoms with Gasteiger partial charge in [-0.05, 0) is 35.5 Å². The molecule has 0 radical (unpaired) electrons. The maximum absolute atomic E-state index is 11.4. The first-order valence-corrected chi connectivity index (χ1v) is 7.15. The van der Waals surface area contributed by atoms with Crippen LogP contribution in [0.15, 0.2) is 36.1 Å². The van der Waals surface area contributed by atoms with E-state index < -0.39 is 0 Å². The largest absolute Gasteiger partial charge is 0.434 e. The number of carbonyl (C=O) groups excluding carboxylic acids is 1. The molecule has 0 aliphatic heterocycles. The number of allylic oxidation sites excluding steroid dienone is 1. The van der Waals surface area contributed by atoms with Crippen molar-refractivity contribution in [3.63, 3.8) is 0 Å². The smallest absolute Gasteiger partial charge is 0.313 e. The first-order valence-electron chi connectivity index (χ1n) is 7.15. The molecule has 2 nitrogen and oxygen atoms in total. The molecule has 20 heavy (non-hydrogen) atoms. The molecule has 1 rings (SSSR count). The Kier molecular flexibility index (Phi) is 5.55. The zero-order chi connectivity index (χ0) is 15.3. The lowest BCUT2D eigenvalue weighted by molar-refractivity contribution is -0.141. The van der Waals surface area contributed by atoms with E-state index in [1.165, 1.54) is 11.1 Å². The molecule has 0 aliphatic rings. The highest BCUT2D eigenvalue weighted by atomic mass is 16.5. The highest BCUT2D eigenvalue weighted by molar-refractivity contribution is 5.72. The molecule has 0 aromatic heterocycles. The molecular weight excluding hydrogens is 248 g/mol. The second-order valence-electron chi connectivity index (χ2n) is 6.68. The number of ether oxygens (including phenoxy) is 1. The van der Waals surface area contributed by atoms with Gasteiger partial charge in [0.2, 0.25) is 0 Å². The van der Waals surface area contributed by atoms with Crippen LogP contribution in [0.2, 0.25) is 0 Å². The van der Waals surface area contributed by atoms with Crippen LogP contribution in [0.5, 0.6) is 0 Å². The third kappa shape index (κ3) is 5.20. The Hall–Kier alpha value is -1.57. The fraction of sp³-hybridized carbons (Fsp3) is 0.500. The van der Waals surface area contributed by atoms with Crippen molar-refractivity contribution in [3.8, 4) is 0 Å². The maximum Gasteiger partial charge on any atom is 0.313 e. The molecule has 0 amide bonds. The molecule has 2 heteroatoms. The zero-order valence-corrected chi connectivity index (χ0v) is 13.5. The van der Waals surface area contributed by atoms with Crippen LogP contribution in [0.1, 0.15) is 52.7 Å². The molecule has 0 bridgehead atoms. The minimum atomic E-state index is -0.188. The SMILES string of the molecule is CC(=COC(=O)C(C)C)Cc1ccc(C(C)(C)C)cc1. The van der Waals surface area contributed by atoms with Gasteiger partial charge in [0.25, 0.3) is 0 Å². The lowest BCUT2D eigenvalue weighted by Crippen LogP contribution is -2.10. The van der Waals surface area contributed by atoms with E-state index in [4.69, 9.17) is 4.74 Å². The minimum Gasteiger partial charge on any atom is -0.434 e. The van der Waals surface area contributed by atoms with Gasteiger partial charge in [0.15, 0.2) is 0 Å². The average molecular weight is 274 g/mol. The third-order valence-corrected chi connectivity index (χ3v) is 3.15. The summed E-state index contributed by atoms with van der Waals surface area (Å²) in [5.74, 6) is -0.280. The molecule has 0 aliphatic carbocycles. The normalized spacial score (nSPS) is 12.7. The van der Waals surface area contributed by atoms with Crippen molar-refractivity contribution in [1.29, 1.82) is 0 Å². The fourth-order valence-electron chi connectivity index (χ4n) is 1.78. The number of benzene rings is 1. The van der Waals surface area contributed by atoms with Crippen molar-refractivity contribution in [1.82, 2.24) is 0 Å². The molecule has 0 saturated carbocycles. The molecule has 0 spiro atoms. The minimum absolute atomic E-state index is 0.0925. The quantitative estimate of drug-likeness (QED) is 0.591. The molecule has 0 unspecified atom stereocenters. The highest BCUT2D eigenvalue weighted by Crippen LogP contribution is 2.22. The molecule has 0 fully saturated rings. The lowest BCUT2D eigenvalue weighted by atomic mass is 9.86. The van der Waals surface area contributed by atoms with Gasteiger partial charge in [-0.15, -0.1) is 0 Å². The predicted octanol–water partition coefficient (Wildman–Crippen LogP) is 4.63. The van der Waals surface area contributed by atoms with E-state index in [1.54, 1.807) is 6.26 Å². The summed E-state index contributed by atoms with van der Waals surface area (Å²) >= 11 is 0. The van der Waals surface area contributed by atoms with Crippen LogP contribution in [0.25, 0.3) is 0 Å². The summed E-state index contributed by atoms with van der Waals surface area (Å²) in [6.45, 7) is 12.3. The summed E-state index contributed by atoms with van der Waals surface area (Å²) in [6, 6.07) is 8.62. The Morgan fingerprint density at radius 1 is 1.20 bits per heavy atom. The summed E-state index contributed by atoms with van der Waals surface area (Å²) in [7, 11) is 0. The molecule has 0 atom stereocenters. The predicted molar refractivity (Wildman–Crippen MR) is 83.5 cm³/mol. The molecule has 0 saturated heterocycles. The fourth-order valence-corrected chi connectivity index (χ4v) is 1.78. The Morgan fingerprint density at radius 2 is 1.75 bits per heavy atom. The summed E-state index contributed by atoms with van der Waals surface area (Å²) in [5, 5.41) is 0. The maximum atomic E-state index is 11.4. The van der Waals surface area contributed by atoms with E-state index in [-0.39, 0.29) is 17.3 Å². The number of hydrogen-bond donors (Lipinski definition) is 0. The van der Waals surface area contributed by atoms with Crippen molar-refractivity contribution < 1.29 is 9.53 Å². The Bertz CT molecular complexity index is 473. The van der Waals surface area contributed by atoms with E-state index in [2.05, 4.69) is 45.0 Å². The third-order valence-electron chi connectivity index (χ3n) is 3.15. The lowest BCUT2D eigenvalue weighted by Gasteiger charge is -2.19. The van der Waals surface area contributed by atoms with Gasteiger partial charge in [-0.1, -0.05) is 58.9 Å². The van der Waals surface area contributed by atoms with Crippen LogP contribution >= 0.6 is 0 Å². The van der Waals surface area contributed by atoms with E-state index in [9.17, 15) is 4.79 Å². The number of rotatable bonds is 4. The summed E-state index contributed by atoms with van der Waals surface area (Å²) in [4.78, 5) is 11.4. The topological polar surface area (TPSA) is 26.3 Å². The number of carbonyl (C=O) groups is 1. The van der Waals surface area contributed by atoms with Crippen molar-refractivity contribution >= 4 is 5.97 Å². The monoisotopic (exact) mass is 274 g/mol. The van der Waals surface area contributed by atoms with E-state index in [0.717, 1.165) is 12.0 Å². The Balaban J connectivity index is 2.65. The Morgan fingerprint density at radius 3 is 2.20 bits per heavy atom. The van der Waals surface area contributed by atoms with Crippen molar-refractivity contribution in [2.24, 2.45) is 5.92 Å². The summed E-state index contributed by atoms with van der Waals surface area (Å²) in [5.41, 5.74) is 3.78. The van der Waals surface area contributed by atoms with Gasteiger partial charge in [0, 0.05) is 0 Å². The van der Waals surface area contributed by atoms with Crippen LogP contribution in [0.3, 0.4) is 0 Å². The van der Waals surface area contributed by atoms with Crippen LogP contribution in [0, 0.1) is 5.92 Å². The Labute approximate surface area is 122 Å². The van der Waals surface area contributed by atoms with Crippen molar-refractivity contribution in [2.75, 3.05) is 0 Å². The number of hydrogen-bond acceptors (Lipinski definition) is 2. The second kappa shape index (κ2) is 6.74. The summed E-state index contributed by atoms with van der Waals surface area (Å²) < 4.78 is 5.11. The molecule has 1 aromatic rings. The van der Waals surface area contributed by atoms with Crippen LogP contribution in [0.4, 0.5) is 0 Å². The van der Waals surface area contributed by atoms with Crippen LogP contribution < -0.4 is 0 Å². The van der Waals surface area contributed by atoms with Gasteiger partial charge >= 0.3 is 5.97 Å². The molecule has 1 aromatic carbocycles.